The van der Waals surface area contributed by atoms with Crippen molar-refractivity contribution in [3.8, 4) is 6.01 Å². The summed E-state index contributed by atoms with van der Waals surface area (Å²) in [5.74, 6) is -2.54. The first-order chi connectivity index (χ1) is 9.54. The molecule has 20 heavy (non-hydrogen) atoms. The Labute approximate surface area is 113 Å². The van der Waals surface area contributed by atoms with Crippen molar-refractivity contribution in [2.24, 2.45) is 0 Å². The predicted octanol–water partition coefficient (Wildman–Crippen LogP) is 2.08. The van der Waals surface area contributed by atoms with Crippen LogP contribution in [0.1, 0.15) is 5.69 Å². The largest absolute Gasteiger partial charge is 0.453 e. The summed E-state index contributed by atoms with van der Waals surface area (Å²) in [6, 6.07) is 4.82. The fraction of sp³-hybridized carbons (Fsp3) is 0.154. The Kier molecular flexibility index (Phi) is 4.19. The summed E-state index contributed by atoms with van der Waals surface area (Å²) >= 11 is 0. The van der Waals surface area contributed by atoms with Crippen LogP contribution in [0.2, 0.25) is 0 Å². The number of nitrogens with one attached hydrogen (secondary N) is 1. The maximum atomic E-state index is 12.9. The van der Waals surface area contributed by atoms with E-state index in [2.05, 4.69) is 15.3 Å². The van der Waals surface area contributed by atoms with Crippen molar-refractivity contribution >= 4 is 11.6 Å². The normalized spacial score (nSPS) is 10.2. The molecule has 0 fully saturated rings. The van der Waals surface area contributed by atoms with Gasteiger partial charge in [0.15, 0.2) is 18.2 Å². The van der Waals surface area contributed by atoms with Crippen LogP contribution in [0.5, 0.6) is 6.01 Å². The third-order valence-electron chi connectivity index (χ3n) is 2.31. The van der Waals surface area contributed by atoms with E-state index in [9.17, 15) is 13.6 Å². The monoisotopic (exact) mass is 279 g/mol. The molecule has 1 aromatic heterocycles. The highest BCUT2D eigenvalue weighted by atomic mass is 19.2. The van der Waals surface area contributed by atoms with Crippen LogP contribution in [-0.4, -0.2) is 22.5 Å². The van der Waals surface area contributed by atoms with E-state index in [1.807, 2.05) is 0 Å². The van der Waals surface area contributed by atoms with Gasteiger partial charge in [0.2, 0.25) is 0 Å². The molecule has 0 spiro atoms. The maximum absolute atomic E-state index is 12.9. The Morgan fingerprint density at radius 1 is 1.30 bits per heavy atom. The van der Waals surface area contributed by atoms with Gasteiger partial charge in [0.05, 0.1) is 0 Å². The second kappa shape index (κ2) is 6.05. The zero-order chi connectivity index (χ0) is 14.5. The molecular formula is C13H11F2N3O2. The van der Waals surface area contributed by atoms with Gasteiger partial charge >= 0.3 is 6.01 Å². The summed E-state index contributed by atoms with van der Waals surface area (Å²) in [4.78, 5) is 19.3. The number of ether oxygens (including phenoxy) is 1. The Bertz CT molecular complexity index is 635. The highest BCUT2D eigenvalue weighted by Gasteiger charge is 2.08. The van der Waals surface area contributed by atoms with E-state index in [1.165, 1.54) is 12.3 Å². The van der Waals surface area contributed by atoms with Gasteiger partial charge in [-0.25, -0.2) is 18.7 Å². The van der Waals surface area contributed by atoms with Gasteiger partial charge < -0.3 is 10.1 Å². The maximum Gasteiger partial charge on any atom is 0.317 e. The molecule has 1 amide bonds. The molecule has 0 bridgehead atoms. The van der Waals surface area contributed by atoms with Crippen molar-refractivity contribution in [3.63, 3.8) is 0 Å². The molecule has 0 saturated carbocycles. The summed E-state index contributed by atoms with van der Waals surface area (Å²) in [6.07, 6.45) is 1.50. The van der Waals surface area contributed by atoms with Crippen LogP contribution in [0.3, 0.4) is 0 Å². The van der Waals surface area contributed by atoms with Gasteiger partial charge in [0.1, 0.15) is 0 Å². The molecular weight excluding hydrogens is 268 g/mol. The highest BCUT2D eigenvalue weighted by Crippen LogP contribution is 2.13. The third-order valence-corrected chi connectivity index (χ3v) is 2.31. The second-order valence-electron chi connectivity index (χ2n) is 3.95. The molecule has 0 aliphatic heterocycles. The number of halogens is 2. The van der Waals surface area contributed by atoms with Crippen molar-refractivity contribution in [2.45, 2.75) is 6.92 Å². The smallest absolute Gasteiger partial charge is 0.317 e. The number of benzene rings is 1. The van der Waals surface area contributed by atoms with Gasteiger partial charge in [0.25, 0.3) is 5.91 Å². The molecule has 104 valence electrons. The van der Waals surface area contributed by atoms with Crippen molar-refractivity contribution in [1.29, 1.82) is 0 Å². The lowest BCUT2D eigenvalue weighted by molar-refractivity contribution is -0.118. The van der Waals surface area contributed by atoms with Crippen LogP contribution >= 0.6 is 0 Å². The van der Waals surface area contributed by atoms with E-state index in [1.54, 1.807) is 13.0 Å². The van der Waals surface area contributed by atoms with Gasteiger partial charge in [-0.1, -0.05) is 0 Å². The van der Waals surface area contributed by atoms with Gasteiger partial charge in [-0.05, 0) is 25.1 Å². The number of hydrogen-bond donors (Lipinski definition) is 1. The Balaban J connectivity index is 1.91. The van der Waals surface area contributed by atoms with E-state index < -0.39 is 17.5 Å². The van der Waals surface area contributed by atoms with Crippen molar-refractivity contribution in [1.82, 2.24) is 9.97 Å². The molecule has 1 heterocycles. The van der Waals surface area contributed by atoms with E-state index in [0.29, 0.717) is 5.69 Å². The van der Waals surface area contributed by atoms with Crippen LogP contribution in [0.25, 0.3) is 0 Å². The molecule has 1 aromatic carbocycles. The third kappa shape index (κ3) is 3.71. The van der Waals surface area contributed by atoms with Crippen LogP contribution in [0, 0.1) is 18.6 Å². The molecule has 2 rings (SSSR count). The quantitative estimate of drug-likeness (QED) is 0.930. The minimum atomic E-state index is -1.04. The molecule has 5 nitrogen and oxygen atoms in total. The number of rotatable bonds is 4. The number of carbonyl (C=O) groups is 1. The number of hydrogen-bond acceptors (Lipinski definition) is 4. The minimum absolute atomic E-state index is 0.0745. The predicted molar refractivity (Wildman–Crippen MR) is 67.3 cm³/mol. The van der Waals surface area contributed by atoms with E-state index in [0.717, 1.165) is 12.1 Å². The standard InChI is InChI=1S/C13H11F2N3O2/c1-8-4-5-16-13(17-8)20-7-12(19)18-9-2-3-10(14)11(15)6-9/h2-6H,7H2,1H3,(H,18,19). The molecule has 0 aliphatic carbocycles. The van der Waals surface area contributed by atoms with Crippen molar-refractivity contribution in [3.05, 3.63) is 47.8 Å². The number of carbonyl (C=O) groups excluding carboxylic acids is 1. The van der Waals surface area contributed by atoms with E-state index in [4.69, 9.17) is 4.74 Å². The van der Waals surface area contributed by atoms with Gasteiger partial charge in [-0.3, -0.25) is 4.79 Å². The molecule has 1 N–H and O–H groups in total. The average Bonchev–Trinajstić information content (AvgIpc) is 2.41. The zero-order valence-electron chi connectivity index (χ0n) is 10.6. The number of amides is 1. The first kappa shape index (κ1) is 13.9. The Morgan fingerprint density at radius 3 is 2.80 bits per heavy atom. The summed E-state index contributed by atoms with van der Waals surface area (Å²) < 4.78 is 30.7. The molecule has 0 atom stereocenters. The minimum Gasteiger partial charge on any atom is -0.453 e. The van der Waals surface area contributed by atoms with Crippen LogP contribution in [-0.2, 0) is 4.79 Å². The molecule has 0 aliphatic rings. The zero-order valence-corrected chi connectivity index (χ0v) is 10.6. The highest BCUT2D eigenvalue weighted by molar-refractivity contribution is 5.91. The van der Waals surface area contributed by atoms with E-state index in [-0.39, 0.29) is 18.3 Å². The van der Waals surface area contributed by atoms with Crippen molar-refractivity contribution in [2.75, 3.05) is 11.9 Å². The number of nitrogens with zero attached hydrogens (tertiary/aromatic N) is 2. The lowest BCUT2D eigenvalue weighted by Gasteiger charge is -2.06. The van der Waals surface area contributed by atoms with Crippen LogP contribution < -0.4 is 10.1 Å². The topological polar surface area (TPSA) is 64.1 Å². The van der Waals surface area contributed by atoms with Gasteiger partial charge in [0, 0.05) is 23.6 Å². The molecule has 0 saturated heterocycles. The SMILES string of the molecule is Cc1ccnc(OCC(=O)Nc2ccc(F)c(F)c2)n1. The fourth-order valence-electron chi connectivity index (χ4n) is 1.40. The Morgan fingerprint density at radius 2 is 2.10 bits per heavy atom. The molecule has 0 unspecified atom stereocenters. The first-order valence-corrected chi connectivity index (χ1v) is 5.72. The summed E-state index contributed by atoms with van der Waals surface area (Å²) in [5, 5.41) is 2.37. The van der Waals surface area contributed by atoms with Crippen LogP contribution in [0.4, 0.5) is 14.5 Å². The molecule has 2 aromatic rings. The summed E-state index contributed by atoms with van der Waals surface area (Å²) in [6.45, 7) is 1.43. The van der Waals surface area contributed by atoms with Gasteiger partial charge in [-0.15, -0.1) is 0 Å². The lowest BCUT2D eigenvalue weighted by atomic mass is 10.3. The van der Waals surface area contributed by atoms with Crippen molar-refractivity contribution < 1.29 is 18.3 Å². The van der Waals surface area contributed by atoms with Crippen LogP contribution in [0.15, 0.2) is 30.5 Å². The number of aryl methyl sites for hydroxylation is 1. The molecule has 7 heteroatoms. The molecule has 0 radical (unpaired) electrons. The van der Waals surface area contributed by atoms with E-state index >= 15 is 0 Å². The average molecular weight is 279 g/mol. The second-order valence-corrected chi connectivity index (χ2v) is 3.95. The fourth-order valence-corrected chi connectivity index (χ4v) is 1.40. The first-order valence-electron chi connectivity index (χ1n) is 5.72. The number of aromatic nitrogens is 2. The number of anilines is 1. The summed E-state index contributed by atoms with van der Waals surface area (Å²) in [7, 11) is 0. The lowest BCUT2D eigenvalue weighted by Crippen LogP contribution is -2.21. The Hall–Kier alpha value is -2.57. The summed E-state index contributed by atoms with van der Waals surface area (Å²) in [5.41, 5.74) is 0.846. The van der Waals surface area contributed by atoms with Gasteiger partial charge in [-0.2, -0.15) is 0 Å².